The molecule has 0 atom stereocenters. The minimum atomic E-state index is -0.681. The minimum Gasteiger partial charge on any atom is -0.436 e. The number of hydrogen-bond acceptors (Lipinski definition) is 7. The fourth-order valence-corrected chi connectivity index (χ4v) is 2.74. The van der Waals surface area contributed by atoms with Gasteiger partial charge in [-0.3, -0.25) is 25.2 Å². The third kappa shape index (κ3) is 3.83. The van der Waals surface area contributed by atoms with Crippen LogP contribution in [0.5, 0.6) is 0 Å². The van der Waals surface area contributed by atoms with E-state index >= 15 is 0 Å². The maximum absolute atomic E-state index is 11.0. The van der Waals surface area contributed by atoms with Gasteiger partial charge >= 0.3 is 0 Å². The van der Waals surface area contributed by atoms with Gasteiger partial charge < -0.3 is 4.42 Å². The zero-order chi connectivity index (χ0) is 20.4. The molecule has 1 heterocycles. The number of fused-ring (bicyclic) bond motifs is 1. The molecule has 0 bridgehead atoms. The van der Waals surface area contributed by atoms with Gasteiger partial charge in [0.25, 0.3) is 11.4 Å². The van der Waals surface area contributed by atoms with Gasteiger partial charge in [0.2, 0.25) is 5.89 Å². The number of aliphatic imine (C=N–C) groups is 1. The maximum Gasteiger partial charge on any atom is 0.276 e. The first-order chi connectivity index (χ1) is 14.0. The zero-order valence-corrected chi connectivity index (χ0v) is 14.8. The Bertz CT molecular complexity index is 1200. The molecule has 3 aromatic carbocycles. The number of oxazole rings is 1. The third-order valence-corrected chi connectivity index (χ3v) is 4.12. The van der Waals surface area contributed by atoms with Gasteiger partial charge in [-0.1, -0.05) is 12.1 Å². The van der Waals surface area contributed by atoms with E-state index in [1.165, 1.54) is 18.3 Å². The molecular formula is C20H12N4O5. The van der Waals surface area contributed by atoms with Crippen LogP contribution in [-0.4, -0.2) is 21.0 Å². The highest BCUT2D eigenvalue weighted by atomic mass is 16.6. The van der Waals surface area contributed by atoms with Crippen molar-refractivity contribution in [3.63, 3.8) is 0 Å². The molecule has 9 heteroatoms. The minimum absolute atomic E-state index is 0.258. The van der Waals surface area contributed by atoms with Crippen molar-refractivity contribution in [2.75, 3.05) is 0 Å². The largest absolute Gasteiger partial charge is 0.436 e. The van der Waals surface area contributed by atoms with Crippen LogP contribution < -0.4 is 0 Å². The molecular weight excluding hydrogens is 376 g/mol. The Morgan fingerprint density at radius 3 is 2.17 bits per heavy atom. The summed E-state index contributed by atoms with van der Waals surface area (Å²) in [5, 5.41) is 21.9. The van der Waals surface area contributed by atoms with Gasteiger partial charge in [0.15, 0.2) is 5.58 Å². The first-order valence-electron chi connectivity index (χ1n) is 8.43. The Hall–Kier alpha value is -4.40. The number of benzene rings is 3. The molecule has 142 valence electrons. The van der Waals surface area contributed by atoms with Crippen molar-refractivity contribution in [3.05, 3.63) is 92.5 Å². The monoisotopic (exact) mass is 388 g/mol. The molecule has 0 aliphatic rings. The van der Waals surface area contributed by atoms with E-state index in [1.807, 2.05) is 24.3 Å². The fourth-order valence-electron chi connectivity index (χ4n) is 2.74. The lowest BCUT2D eigenvalue weighted by atomic mass is 10.2. The van der Waals surface area contributed by atoms with Crippen molar-refractivity contribution >= 4 is 34.4 Å². The van der Waals surface area contributed by atoms with Gasteiger partial charge in [-0.15, -0.1) is 0 Å². The molecule has 0 N–H and O–H groups in total. The molecule has 0 unspecified atom stereocenters. The Morgan fingerprint density at radius 2 is 1.55 bits per heavy atom. The lowest BCUT2D eigenvalue weighted by Crippen LogP contribution is -1.95. The Morgan fingerprint density at radius 1 is 0.897 bits per heavy atom. The molecule has 29 heavy (non-hydrogen) atoms. The third-order valence-electron chi connectivity index (χ3n) is 4.12. The summed E-state index contributed by atoms with van der Waals surface area (Å²) < 4.78 is 5.72. The van der Waals surface area contributed by atoms with Crippen molar-refractivity contribution in [2.24, 2.45) is 4.99 Å². The van der Waals surface area contributed by atoms with Crippen molar-refractivity contribution in [1.82, 2.24) is 4.98 Å². The summed E-state index contributed by atoms with van der Waals surface area (Å²) in [5.74, 6) is 0.482. The normalized spacial score (nSPS) is 11.2. The zero-order valence-electron chi connectivity index (χ0n) is 14.8. The fraction of sp³-hybridized carbons (Fsp3) is 0. The van der Waals surface area contributed by atoms with Crippen LogP contribution in [0.25, 0.3) is 22.6 Å². The van der Waals surface area contributed by atoms with E-state index in [4.69, 9.17) is 4.42 Å². The Kier molecular flexibility index (Phi) is 4.54. The standard InChI is InChI=1S/C20H12N4O5/c25-23(26)16-9-13(10-17(11-16)24(27)28)12-21-15-7-5-14(6-8-15)20-22-18-3-1-2-4-19(18)29-20/h1-12H. The average molecular weight is 388 g/mol. The summed E-state index contributed by atoms with van der Waals surface area (Å²) in [7, 11) is 0. The summed E-state index contributed by atoms with van der Waals surface area (Å²) >= 11 is 0. The summed E-state index contributed by atoms with van der Waals surface area (Å²) in [6, 6.07) is 17.8. The quantitative estimate of drug-likeness (QED) is 0.267. The van der Waals surface area contributed by atoms with E-state index < -0.39 is 9.85 Å². The van der Waals surface area contributed by atoms with Crippen LogP contribution in [0, 0.1) is 20.2 Å². The van der Waals surface area contributed by atoms with E-state index in [2.05, 4.69) is 9.98 Å². The van der Waals surface area contributed by atoms with Crippen LogP contribution in [0.4, 0.5) is 17.1 Å². The van der Waals surface area contributed by atoms with E-state index in [0.29, 0.717) is 17.2 Å². The van der Waals surface area contributed by atoms with Crippen LogP contribution >= 0.6 is 0 Å². The number of para-hydroxylation sites is 2. The molecule has 9 nitrogen and oxygen atoms in total. The molecule has 0 spiro atoms. The highest BCUT2D eigenvalue weighted by Crippen LogP contribution is 2.26. The second-order valence-electron chi connectivity index (χ2n) is 6.09. The lowest BCUT2D eigenvalue weighted by molar-refractivity contribution is -0.394. The molecule has 0 fully saturated rings. The van der Waals surface area contributed by atoms with Crippen LogP contribution in [-0.2, 0) is 0 Å². The van der Waals surface area contributed by atoms with Gasteiger partial charge in [0.1, 0.15) is 5.52 Å². The second kappa shape index (κ2) is 7.31. The topological polar surface area (TPSA) is 125 Å². The number of hydrogen-bond donors (Lipinski definition) is 0. The van der Waals surface area contributed by atoms with Gasteiger partial charge in [-0.05, 0) is 36.4 Å². The second-order valence-corrected chi connectivity index (χ2v) is 6.09. The van der Waals surface area contributed by atoms with E-state index in [1.54, 1.807) is 24.3 Å². The highest BCUT2D eigenvalue weighted by Gasteiger charge is 2.15. The molecule has 0 aliphatic heterocycles. The number of non-ortho nitro benzene ring substituents is 2. The number of aromatic nitrogens is 1. The first-order valence-corrected chi connectivity index (χ1v) is 8.43. The maximum atomic E-state index is 11.0. The Balaban J connectivity index is 1.59. The molecule has 0 aliphatic carbocycles. The van der Waals surface area contributed by atoms with E-state index in [-0.39, 0.29) is 16.9 Å². The smallest absolute Gasteiger partial charge is 0.276 e. The lowest BCUT2D eigenvalue weighted by Gasteiger charge is -1.98. The molecule has 0 radical (unpaired) electrons. The molecule has 0 saturated carbocycles. The van der Waals surface area contributed by atoms with Crippen molar-refractivity contribution < 1.29 is 14.3 Å². The van der Waals surface area contributed by atoms with Gasteiger partial charge in [0, 0.05) is 29.5 Å². The number of nitro groups is 2. The van der Waals surface area contributed by atoms with Crippen molar-refractivity contribution in [3.8, 4) is 11.5 Å². The summed E-state index contributed by atoms with van der Waals surface area (Å²) in [5.41, 5.74) is 2.31. The van der Waals surface area contributed by atoms with Crippen molar-refractivity contribution in [1.29, 1.82) is 0 Å². The summed E-state index contributed by atoms with van der Waals surface area (Å²) in [6.45, 7) is 0. The molecule has 0 amide bonds. The highest BCUT2D eigenvalue weighted by molar-refractivity contribution is 5.84. The molecule has 0 saturated heterocycles. The SMILES string of the molecule is O=[N+]([O-])c1cc(C=Nc2ccc(-c3nc4ccccc4o3)cc2)cc([N+](=O)[O-])c1. The van der Waals surface area contributed by atoms with Crippen LogP contribution in [0.3, 0.4) is 0 Å². The van der Waals surface area contributed by atoms with Gasteiger partial charge in [0.05, 0.1) is 21.6 Å². The van der Waals surface area contributed by atoms with E-state index in [0.717, 1.165) is 17.1 Å². The average Bonchev–Trinajstić information content (AvgIpc) is 3.16. The predicted molar refractivity (Wildman–Crippen MR) is 106 cm³/mol. The predicted octanol–water partition coefficient (Wildman–Crippen LogP) is 5.06. The first kappa shape index (κ1) is 18.0. The number of nitrogens with zero attached hydrogens (tertiary/aromatic N) is 4. The van der Waals surface area contributed by atoms with Crippen LogP contribution in [0.1, 0.15) is 5.56 Å². The molecule has 4 aromatic rings. The summed E-state index contributed by atoms with van der Waals surface area (Å²) in [4.78, 5) is 29.2. The summed E-state index contributed by atoms with van der Waals surface area (Å²) in [6.07, 6.45) is 1.34. The van der Waals surface area contributed by atoms with Gasteiger partial charge in [-0.2, -0.15) is 0 Å². The molecule has 1 aromatic heterocycles. The van der Waals surface area contributed by atoms with Gasteiger partial charge in [-0.25, -0.2) is 4.98 Å². The van der Waals surface area contributed by atoms with Crippen LogP contribution in [0.15, 0.2) is 76.1 Å². The number of nitro benzene ring substituents is 2. The molecule has 4 rings (SSSR count). The number of rotatable bonds is 5. The Labute approximate surface area is 163 Å². The van der Waals surface area contributed by atoms with E-state index in [9.17, 15) is 20.2 Å². The van der Waals surface area contributed by atoms with Crippen LogP contribution in [0.2, 0.25) is 0 Å². The van der Waals surface area contributed by atoms with Crippen molar-refractivity contribution in [2.45, 2.75) is 0 Å².